The summed E-state index contributed by atoms with van der Waals surface area (Å²) in [6.45, 7) is 9.67. The molecule has 1 aromatic heterocycles. The second-order valence-electron chi connectivity index (χ2n) is 13.7. The molecule has 1 fully saturated rings. The number of hydrogen-bond donors (Lipinski definition) is 1. The zero-order chi connectivity index (χ0) is 38.6. The first-order valence-corrected chi connectivity index (χ1v) is 17.2. The number of benzene rings is 3. The molecule has 1 aliphatic rings. The summed E-state index contributed by atoms with van der Waals surface area (Å²) in [7, 11) is 4.51. The number of anilines is 2. The maximum Gasteiger partial charge on any atom is 0.410 e. The number of nitrogens with one attached hydrogen (secondary N) is 1. The minimum atomic E-state index is -0.891. The lowest BCUT2D eigenvalue weighted by molar-refractivity contribution is -0.136. The van der Waals surface area contributed by atoms with Crippen molar-refractivity contribution in [1.82, 2.24) is 19.5 Å². The van der Waals surface area contributed by atoms with Gasteiger partial charge in [-0.25, -0.2) is 23.6 Å². The molecule has 1 saturated heterocycles. The number of methoxy groups -OCH3 is 2. The summed E-state index contributed by atoms with van der Waals surface area (Å²) in [5.41, 5.74) is 0.0656. The third-order valence-electron chi connectivity index (χ3n) is 8.97. The van der Waals surface area contributed by atoms with Gasteiger partial charge >= 0.3 is 12.1 Å². The SMILES string of the molecule is COc1ccc(N(C(=O)Nc2ccc(F)cc2)C(C)c2nc3ccccc3c(=O)n2N2CCN(C(=O)[C@H](C)N(C)C(=O)OC(C)(C)C)CC2)c(OC)c1.[HH]. The quantitative estimate of drug-likeness (QED) is 0.232. The van der Waals surface area contributed by atoms with Gasteiger partial charge < -0.3 is 29.4 Å². The first kappa shape index (κ1) is 38.4. The van der Waals surface area contributed by atoms with Gasteiger partial charge in [-0.15, -0.1) is 0 Å². The minimum Gasteiger partial charge on any atom is -0.497 e. The van der Waals surface area contributed by atoms with Crippen LogP contribution in [0.5, 0.6) is 11.5 Å². The van der Waals surface area contributed by atoms with E-state index in [4.69, 9.17) is 19.2 Å². The number of urea groups is 1. The number of para-hydroxylation sites is 1. The Morgan fingerprint density at radius 1 is 0.943 bits per heavy atom. The summed E-state index contributed by atoms with van der Waals surface area (Å²) < 4.78 is 31.8. The third-order valence-corrected chi connectivity index (χ3v) is 8.97. The third kappa shape index (κ3) is 8.45. The normalized spacial score (nSPS) is 14.3. The molecule has 0 aliphatic carbocycles. The second kappa shape index (κ2) is 15.8. The molecule has 4 aromatic rings. The maximum atomic E-state index is 14.4. The van der Waals surface area contributed by atoms with Gasteiger partial charge in [0.2, 0.25) is 5.91 Å². The Balaban J connectivity index is 0.00000650. The second-order valence-corrected chi connectivity index (χ2v) is 13.7. The molecule has 53 heavy (non-hydrogen) atoms. The summed E-state index contributed by atoms with van der Waals surface area (Å²) in [5, 5.41) is 5.01. The fraction of sp³-hybridized carbons (Fsp3) is 0.395. The summed E-state index contributed by atoms with van der Waals surface area (Å²) in [4.78, 5) is 64.1. The van der Waals surface area contributed by atoms with Gasteiger partial charge in [0.1, 0.15) is 29.0 Å². The van der Waals surface area contributed by atoms with Crippen molar-refractivity contribution < 1.29 is 34.4 Å². The highest BCUT2D eigenvalue weighted by atomic mass is 19.1. The standard InChI is InChI=1S/C38H46FN7O7.H2/c1-24(45(31-18-17-28(51-7)23-32(31)52-8)36(49)40-27-15-13-26(39)14-16-27)33-41-30-12-10-9-11-29(30)35(48)46(33)44-21-19-43(20-22-44)34(47)25(2)42(6)37(50)53-38(3,4)5;/h9-18,23-25H,19-22H2,1-8H3,(H,40,49);1H/t24?,25-;/m0./s1. The van der Waals surface area contributed by atoms with Crippen molar-refractivity contribution in [2.45, 2.75) is 52.3 Å². The van der Waals surface area contributed by atoms with Gasteiger partial charge in [-0.1, -0.05) is 12.1 Å². The molecule has 5 rings (SSSR count). The zero-order valence-electron chi connectivity index (χ0n) is 31.3. The molecule has 1 aliphatic heterocycles. The molecule has 4 amide bonds. The Bertz CT molecular complexity index is 2030. The Morgan fingerprint density at radius 2 is 1.60 bits per heavy atom. The molecule has 3 aromatic carbocycles. The van der Waals surface area contributed by atoms with E-state index in [2.05, 4.69) is 5.32 Å². The number of fused-ring (bicyclic) bond motifs is 1. The summed E-state index contributed by atoms with van der Waals surface area (Å²) in [5.74, 6) is 0.347. The van der Waals surface area contributed by atoms with Gasteiger partial charge in [-0.05, 0) is 83.1 Å². The van der Waals surface area contributed by atoms with Crippen molar-refractivity contribution in [1.29, 1.82) is 0 Å². The average molecular weight is 734 g/mol. The van der Waals surface area contributed by atoms with Crippen LogP contribution in [-0.4, -0.2) is 96.6 Å². The van der Waals surface area contributed by atoms with Crippen LogP contribution in [0, 0.1) is 5.82 Å². The van der Waals surface area contributed by atoms with Crippen molar-refractivity contribution in [2.24, 2.45) is 0 Å². The molecule has 14 nitrogen and oxygen atoms in total. The van der Waals surface area contributed by atoms with E-state index >= 15 is 0 Å². The number of carbonyl (C=O) groups is 3. The summed E-state index contributed by atoms with van der Waals surface area (Å²) >= 11 is 0. The van der Waals surface area contributed by atoms with Gasteiger partial charge in [0.05, 0.1) is 49.9 Å². The van der Waals surface area contributed by atoms with Crippen LogP contribution in [-0.2, 0) is 9.53 Å². The number of halogens is 1. The predicted octanol–water partition coefficient (Wildman–Crippen LogP) is 5.63. The van der Waals surface area contributed by atoms with Crippen LogP contribution in [0.25, 0.3) is 10.9 Å². The Hall–Kier alpha value is -5.86. The summed E-state index contributed by atoms with van der Waals surface area (Å²) in [6, 6.07) is 15.0. The molecule has 0 spiro atoms. The lowest BCUT2D eigenvalue weighted by atomic mass is 10.1. The number of nitrogens with zero attached hydrogens (tertiary/aromatic N) is 6. The number of likely N-dealkylation sites (N-methyl/N-ethyl adjacent to an activating group) is 1. The van der Waals surface area contributed by atoms with Crippen LogP contribution in [0.4, 0.5) is 25.4 Å². The molecule has 284 valence electrons. The Kier molecular flexibility index (Phi) is 11.4. The van der Waals surface area contributed by atoms with Crippen molar-refractivity contribution >= 4 is 40.3 Å². The molecular formula is C38H48FN7O7. The van der Waals surface area contributed by atoms with Crippen LogP contribution in [0.2, 0.25) is 0 Å². The number of rotatable bonds is 9. The van der Waals surface area contributed by atoms with E-state index in [0.29, 0.717) is 33.8 Å². The number of carbonyl (C=O) groups excluding carboxylic acids is 3. The van der Waals surface area contributed by atoms with Crippen LogP contribution in [0.15, 0.2) is 71.5 Å². The van der Waals surface area contributed by atoms with Crippen LogP contribution >= 0.6 is 0 Å². The Labute approximate surface area is 309 Å². The van der Waals surface area contributed by atoms with E-state index in [9.17, 15) is 23.6 Å². The lowest BCUT2D eigenvalue weighted by Crippen LogP contribution is -2.59. The lowest BCUT2D eigenvalue weighted by Gasteiger charge is -2.40. The number of ether oxygens (including phenoxy) is 3. The minimum absolute atomic E-state index is 0. The largest absolute Gasteiger partial charge is 0.497 e. The number of amides is 4. The van der Waals surface area contributed by atoms with Crippen molar-refractivity contribution in [3.8, 4) is 11.5 Å². The van der Waals surface area contributed by atoms with Gasteiger partial charge in [0.25, 0.3) is 5.56 Å². The van der Waals surface area contributed by atoms with Gasteiger partial charge in [0, 0.05) is 33.3 Å². The van der Waals surface area contributed by atoms with Gasteiger partial charge in [0.15, 0.2) is 5.82 Å². The van der Waals surface area contributed by atoms with E-state index in [1.54, 1.807) is 87.0 Å². The van der Waals surface area contributed by atoms with Gasteiger partial charge in [-0.3, -0.25) is 19.4 Å². The van der Waals surface area contributed by atoms with E-state index in [1.165, 1.54) is 60.0 Å². The highest BCUT2D eigenvalue weighted by molar-refractivity contribution is 6.03. The first-order chi connectivity index (χ1) is 25.1. The fourth-order valence-corrected chi connectivity index (χ4v) is 6.03. The number of aromatic nitrogens is 2. The molecule has 1 unspecified atom stereocenters. The van der Waals surface area contributed by atoms with Crippen LogP contribution < -0.4 is 30.3 Å². The van der Waals surface area contributed by atoms with Crippen LogP contribution in [0.1, 0.15) is 47.9 Å². The van der Waals surface area contributed by atoms with Crippen LogP contribution in [0.3, 0.4) is 0 Å². The predicted molar refractivity (Wildman–Crippen MR) is 202 cm³/mol. The smallest absolute Gasteiger partial charge is 0.410 e. The fourth-order valence-electron chi connectivity index (χ4n) is 6.03. The highest BCUT2D eigenvalue weighted by Crippen LogP contribution is 2.37. The Morgan fingerprint density at radius 3 is 2.23 bits per heavy atom. The molecule has 0 saturated carbocycles. The number of hydrogen-bond acceptors (Lipinski definition) is 9. The topological polar surface area (TPSA) is 139 Å². The molecular weight excluding hydrogens is 685 g/mol. The van der Waals surface area contributed by atoms with Crippen molar-refractivity contribution in [2.75, 3.05) is 62.7 Å². The van der Waals surface area contributed by atoms with E-state index < -0.39 is 35.6 Å². The van der Waals surface area contributed by atoms with Gasteiger partial charge in [-0.2, -0.15) is 0 Å². The van der Waals surface area contributed by atoms with Crippen molar-refractivity contribution in [3.05, 3.63) is 88.7 Å². The number of piperazine rings is 1. The summed E-state index contributed by atoms with van der Waals surface area (Å²) in [6.07, 6.45) is -0.606. The van der Waals surface area contributed by atoms with E-state index in [1.807, 2.05) is 0 Å². The zero-order valence-corrected chi connectivity index (χ0v) is 31.3. The molecule has 0 radical (unpaired) electrons. The maximum absolute atomic E-state index is 14.4. The monoisotopic (exact) mass is 733 g/mol. The molecule has 1 N–H and O–H groups in total. The highest BCUT2D eigenvalue weighted by Gasteiger charge is 2.35. The molecule has 0 bridgehead atoms. The first-order valence-electron chi connectivity index (χ1n) is 17.2. The van der Waals surface area contributed by atoms with Crippen molar-refractivity contribution in [3.63, 3.8) is 0 Å². The average Bonchev–Trinajstić information content (AvgIpc) is 3.14. The molecule has 15 heteroatoms. The molecule has 2 atom stereocenters. The molecule has 2 heterocycles. The van der Waals surface area contributed by atoms with E-state index in [0.717, 1.165) is 0 Å². The van der Waals surface area contributed by atoms with E-state index in [-0.39, 0.29) is 44.9 Å².